The maximum absolute atomic E-state index is 13.0. The van der Waals surface area contributed by atoms with Gasteiger partial charge in [0.1, 0.15) is 18.1 Å². The van der Waals surface area contributed by atoms with E-state index in [0.717, 1.165) is 0 Å². The van der Waals surface area contributed by atoms with E-state index in [0.29, 0.717) is 6.42 Å². The van der Waals surface area contributed by atoms with E-state index < -0.39 is 47.9 Å². The minimum Gasteiger partial charge on any atom is -0.480 e. The summed E-state index contributed by atoms with van der Waals surface area (Å²) in [7, 11) is 0. The van der Waals surface area contributed by atoms with Crippen LogP contribution in [0.15, 0.2) is 4.99 Å². The lowest BCUT2D eigenvalue weighted by molar-refractivity contribution is -0.144. The van der Waals surface area contributed by atoms with Crippen LogP contribution in [0.25, 0.3) is 0 Å². The number of hydrogen-bond donors (Lipinski definition) is 7. The van der Waals surface area contributed by atoms with Gasteiger partial charge in [0, 0.05) is 6.54 Å². The molecule has 3 amide bonds. The van der Waals surface area contributed by atoms with Crippen LogP contribution in [0.4, 0.5) is 0 Å². The highest BCUT2D eigenvalue weighted by Gasteiger charge is 2.32. The van der Waals surface area contributed by atoms with Crippen molar-refractivity contribution in [3.8, 4) is 0 Å². The minimum absolute atomic E-state index is 0.0865. The quantitative estimate of drug-likeness (QED) is 0.0932. The van der Waals surface area contributed by atoms with Crippen molar-refractivity contribution in [3.05, 3.63) is 0 Å². The number of nitrogens with zero attached hydrogens (tertiary/aromatic N) is 1. The number of amides is 3. The van der Waals surface area contributed by atoms with Gasteiger partial charge in [-0.1, -0.05) is 41.5 Å². The molecule has 0 fully saturated rings. The van der Waals surface area contributed by atoms with Crippen molar-refractivity contribution in [2.24, 2.45) is 39.9 Å². The number of carbonyl (C=O) groups excluding carboxylic acids is 3. The number of rotatable bonds is 14. The van der Waals surface area contributed by atoms with Crippen LogP contribution in [0.3, 0.4) is 0 Å². The molecule has 0 aliphatic heterocycles. The van der Waals surface area contributed by atoms with Gasteiger partial charge >= 0.3 is 5.97 Å². The molecular weight excluding hydrogens is 430 g/mol. The van der Waals surface area contributed by atoms with Crippen LogP contribution in [-0.2, 0) is 19.2 Å². The Labute approximate surface area is 195 Å². The zero-order chi connectivity index (χ0) is 25.9. The molecule has 33 heavy (non-hydrogen) atoms. The Bertz CT molecular complexity index is 705. The lowest BCUT2D eigenvalue weighted by atomic mass is 9.99. The number of carbonyl (C=O) groups is 4. The second kappa shape index (κ2) is 14.3. The second-order valence-corrected chi connectivity index (χ2v) is 9.08. The summed E-state index contributed by atoms with van der Waals surface area (Å²) in [6, 6.07) is -3.90. The Morgan fingerprint density at radius 1 is 0.788 bits per heavy atom. The summed E-state index contributed by atoms with van der Waals surface area (Å²) in [6.45, 7) is 10.6. The van der Waals surface area contributed by atoms with Crippen molar-refractivity contribution in [1.29, 1.82) is 0 Å². The minimum atomic E-state index is -1.17. The SMILES string of the molecule is CC(C)C(N)C(=O)NC(CCCN=C(N)N)C(=O)NC(C(=O)NC(C(=O)O)C(C)C)C(C)C. The number of guanidine groups is 1. The molecule has 12 nitrogen and oxygen atoms in total. The Morgan fingerprint density at radius 2 is 1.30 bits per heavy atom. The number of aliphatic imine (C=N–C) groups is 1. The normalized spacial score (nSPS) is 14.8. The molecule has 0 saturated heterocycles. The molecule has 0 rings (SSSR count). The summed E-state index contributed by atoms with van der Waals surface area (Å²) in [5.74, 6) is -3.80. The van der Waals surface area contributed by atoms with Crippen molar-refractivity contribution < 1.29 is 24.3 Å². The van der Waals surface area contributed by atoms with E-state index in [4.69, 9.17) is 17.2 Å². The number of nitrogens with two attached hydrogens (primary N) is 3. The van der Waals surface area contributed by atoms with Crippen molar-refractivity contribution in [1.82, 2.24) is 16.0 Å². The van der Waals surface area contributed by atoms with E-state index in [1.807, 2.05) is 0 Å². The molecule has 0 aliphatic rings. The van der Waals surface area contributed by atoms with Gasteiger partial charge in [-0.3, -0.25) is 19.4 Å². The summed E-state index contributed by atoms with van der Waals surface area (Å²) < 4.78 is 0. The Morgan fingerprint density at radius 3 is 1.73 bits per heavy atom. The van der Waals surface area contributed by atoms with E-state index in [9.17, 15) is 24.3 Å². The molecule has 4 atom stereocenters. The second-order valence-electron chi connectivity index (χ2n) is 9.08. The first-order valence-corrected chi connectivity index (χ1v) is 11.1. The Kier molecular flexibility index (Phi) is 13.0. The largest absolute Gasteiger partial charge is 0.480 e. The van der Waals surface area contributed by atoms with Gasteiger partial charge in [-0.25, -0.2) is 4.79 Å². The third-order valence-electron chi connectivity index (χ3n) is 5.08. The summed E-state index contributed by atoms with van der Waals surface area (Å²) >= 11 is 0. The molecule has 0 heterocycles. The first-order valence-electron chi connectivity index (χ1n) is 11.1. The van der Waals surface area contributed by atoms with Gasteiger partial charge in [0.25, 0.3) is 0 Å². The van der Waals surface area contributed by atoms with Gasteiger partial charge in [-0.2, -0.15) is 0 Å². The topological polar surface area (TPSA) is 215 Å². The average molecular weight is 472 g/mol. The summed E-state index contributed by atoms with van der Waals surface area (Å²) in [6.07, 6.45) is 0.593. The van der Waals surface area contributed by atoms with Crippen LogP contribution in [-0.4, -0.2) is 65.5 Å². The number of carboxylic acids is 1. The van der Waals surface area contributed by atoms with Crippen LogP contribution in [0.1, 0.15) is 54.4 Å². The standard InChI is InChI=1S/C21H41N7O5/c1-10(2)14(22)18(30)26-13(8-7-9-25-21(23)24)17(29)27-15(11(3)4)19(31)28-16(12(5)6)20(32)33/h10-16H,7-9,22H2,1-6H3,(H,26,30)(H,27,29)(H,28,31)(H,32,33)(H4,23,24,25). The molecule has 190 valence electrons. The molecule has 12 heteroatoms. The van der Waals surface area contributed by atoms with E-state index >= 15 is 0 Å². The Balaban J connectivity index is 5.52. The van der Waals surface area contributed by atoms with Gasteiger partial charge in [0.15, 0.2) is 5.96 Å². The zero-order valence-electron chi connectivity index (χ0n) is 20.4. The first kappa shape index (κ1) is 30.1. The summed E-state index contributed by atoms with van der Waals surface area (Å²) in [5, 5.41) is 17.1. The summed E-state index contributed by atoms with van der Waals surface area (Å²) in [5.41, 5.74) is 16.5. The highest BCUT2D eigenvalue weighted by molar-refractivity contribution is 5.94. The lowest BCUT2D eigenvalue weighted by Gasteiger charge is -2.28. The maximum atomic E-state index is 13.0. The van der Waals surface area contributed by atoms with Crippen LogP contribution in [0.2, 0.25) is 0 Å². The molecule has 0 aromatic rings. The predicted molar refractivity (Wildman–Crippen MR) is 126 cm³/mol. The maximum Gasteiger partial charge on any atom is 0.326 e. The van der Waals surface area contributed by atoms with E-state index in [1.165, 1.54) is 0 Å². The fourth-order valence-electron chi connectivity index (χ4n) is 2.89. The van der Waals surface area contributed by atoms with Crippen LogP contribution >= 0.6 is 0 Å². The van der Waals surface area contributed by atoms with Gasteiger partial charge in [-0.05, 0) is 30.6 Å². The van der Waals surface area contributed by atoms with Crippen molar-refractivity contribution >= 4 is 29.7 Å². The van der Waals surface area contributed by atoms with E-state index in [-0.39, 0.29) is 36.7 Å². The number of hydrogen-bond acceptors (Lipinski definition) is 6. The van der Waals surface area contributed by atoms with Gasteiger partial charge in [0.2, 0.25) is 17.7 Å². The number of carboxylic acid groups (broad SMARTS) is 1. The number of nitrogens with one attached hydrogen (secondary N) is 3. The van der Waals surface area contributed by atoms with Gasteiger partial charge in [-0.15, -0.1) is 0 Å². The van der Waals surface area contributed by atoms with Gasteiger partial charge < -0.3 is 38.3 Å². The van der Waals surface area contributed by atoms with E-state index in [2.05, 4.69) is 20.9 Å². The van der Waals surface area contributed by atoms with Gasteiger partial charge in [0.05, 0.1) is 6.04 Å². The van der Waals surface area contributed by atoms with Crippen LogP contribution in [0.5, 0.6) is 0 Å². The Hall–Kier alpha value is -2.89. The third-order valence-corrected chi connectivity index (χ3v) is 5.08. The van der Waals surface area contributed by atoms with Crippen molar-refractivity contribution in [2.75, 3.05) is 6.54 Å². The lowest BCUT2D eigenvalue weighted by Crippen LogP contribution is -2.59. The molecular formula is C21H41N7O5. The first-order chi connectivity index (χ1) is 15.2. The fourth-order valence-corrected chi connectivity index (χ4v) is 2.89. The highest BCUT2D eigenvalue weighted by Crippen LogP contribution is 2.09. The summed E-state index contributed by atoms with van der Waals surface area (Å²) in [4.78, 5) is 53.6. The average Bonchev–Trinajstić information content (AvgIpc) is 2.70. The molecule has 0 radical (unpaired) electrons. The predicted octanol–water partition coefficient (Wildman–Crippen LogP) is -1.13. The monoisotopic (exact) mass is 471 g/mol. The fraction of sp³-hybridized carbons (Fsp3) is 0.762. The molecule has 0 aliphatic carbocycles. The molecule has 0 aromatic heterocycles. The molecule has 0 bridgehead atoms. The van der Waals surface area contributed by atoms with Crippen LogP contribution in [0, 0.1) is 17.8 Å². The molecule has 4 unspecified atom stereocenters. The van der Waals surface area contributed by atoms with Crippen molar-refractivity contribution in [2.45, 2.75) is 78.6 Å². The smallest absolute Gasteiger partial charge is 0.326 e. The molecule has 0 aromatic carbocycles. The molecule has 10 N–H and O–H groups in total. The van der Waals surface area contributed by atoms with E-state index in [1.54, 1.807) is 41.5 Å². The molecule has 0 saturated carbocycles. The van der Waals surface area contributed by atoms with Crippen molar-refractivity contribution in [3.63, 3.8) is 0 Å². The zero-order valence-corrected chi connectivity index (χ0v) is 20.4. The molecule has 0 spiro atoms. The number of aliphatic carboxylic acids is 1. The van der Waals surface area contributed by atoms with Crippen LogP contribution < -0.4 is 33.2 Å². The highest BCUT2D eigenvalue weighted by atomic mass is 16.4. The third kappa shape index (κ3) is 11.0.